The lowest BCUT2D eigenvalue weighted by molar-refractivity contribution is 0.687. The zero-order chi connectivity index (χ0) is 5.14. The summed E-state index contributed by atoms with van der Waals surface area (Å²) in [6.07, 6.45) is 6.33. The van der Waals surface area contributed by atoms with Gasteiger partial charge in [0.05, 0.1) is 0 Å². The first kappa shape index (κ1) is 3.99. The van der Waals surface area contributed by atoms with Gasteiger partial charge in [-0.25, -0.2) is 0 Å². The Kier molecular flexibility index (Phi) is 0.507. The van der Waals surface area contributed by atoms with E-state index in [2.05, 4.69) is 23.9 Å². The summed E-state index contributed by atoms with van der Waals surface area (Å²) in [6, 6.07) is 0. The summed E-state index contributed by atoms with van der Waals surface area (Å²) in [5, 5.41) is 2.15. The molecule has 4 atom stereocenters. The molecule has 3 aliphatic rings. The summed E-state index contributed by atoms with van der Waals surface area (Å²) in [7, 11) is 0. The van der Waals surface area contributed by atoms with E-state index in [1.54, 1.807) is 0 Å². The maximum atomic E-state index is 2.42. The number of rotatable bonds is 0. The molecule has 8 heavy (non-hydrogen) atoms. The van der Waals surface area contributed by atoms with E-state index < -0.39 is 0 Å². The summed E-state index contributed by atoms with van der Waals surface area (Å²) in [4.78, 5) is 0. The van der Waals surface area contributed by atoms with Crippen LogP contribution >= 0.6 is 11.8 Å². The third-order valence-corrected chi connectivity index (χ3v) is 4.16. The summed E-state index contributed by atoms with van der Waals surface area (Å²) in [5.74, 6) is 1.99. The molecule has 0 aromatic rings. The van der Waals surface area contributed by atoms with Crippen molar-refractivity contribution in [3.8, 4) is 0 Å². The summed E-state index contributed by atoms with van der Waals surface area (Å²) in [5.41, 5.74) is 0. The third kappa shape index (κ3) is 0.296. The normalized spacial score (nSPS) is 64.0. The predicted octanol–water partition coefficient (Wildman–Crippen LogP) is 1.68. The highest BCUT2D eigenvalue weighted by Crippen LogP contribution is 2.62. The number of hydrogen-bond acceptors (Lipinski definition) is 1. The van der Waals surface area contributed by atoms with Crippen LogP contribution < -0.4 is 0 Å². The quantitative estimate of drug-likeness (QED) is 0.350. The van der Waals surface area contributed by atoms with Crippen LogP contribution in [0.5, 0.6) is 0 Å². The number of fused-ring (bicyclic) bond motifs is 5. The summed E-state index contributed by atoms with van der Waals surface area (Å²) < 4.78 is 0. The minimum Gasteiger partial charge on any atom is -0.152 e. The second-order valence-corrected chi connectivity index (χ2v) is 4.37. The van der Waals surface area contributed by atoms with Gasteiger partial charge in [-0.05, 0) is 18.3 Å². The number of hydrogen-bond donors (Lipinski definition) is 0. The van der Waals surface area contributed by atoms with Crippen molar-refractivity contribution in [2.75, 3.05) is 0 Å². The molecular weight excluding hydrogens is 116 g/mol. The van der Waals surface area contributed by atoms with Gasteiger partial charge in [0.2, 0.25) is 0 Å². The van der Waals surface area contributed by atoms with E-state index in [1.165, 1.54) is 6.42 Å². The maximum Gasteiger partial charge on any atom is 0.0238 e. The Morgan fingerprint density at radius 3 is 2.12 bits per heavy atom. The van der Waals surface area contributed by atoms with Gasteiger partial charge < -0.3 is 0 Å². The van der Waals surface area contributed by atoms with Gasteiger partial charge in [0.15, 0.2) is 0 Å². The summed E-state index contributed by atoms with van der Waals surface area (Å²) >= 11 is 2.19. The molecule has 2 fully saturated rings. The van der Waals surface area contributed by atoms with E-state index in [0.29, 0.717) is 0 Å². The van der Waals surface area contributed by atoms with E-state index >= 15 is 0 Å². The van der Waals surface area contributed by atoms with Crippen LogP contribution in [0.1, 0.15) is 6.42 Å². The zero-order valence-corrected chi connectivity index (χ0v) is 5.40. The van der Waals surface area contributed by atoms with Crippen molar-refractivity contribution in [1.82, 2.24) is 0 Å². The molecule has 1 heterocycles. The van der Waals surface area contributed by atoms with Crippen molar-refractivity contribution in [1.29, 1.82) is 0 Å². The second-order valence-electron chi connectivity index (χ2n) is 3.01. The Balaban J connectivity index is 2.12. The average Bonchev–Trinajstić information content (AvgIpc) is 2.39. The molecule has 1 saturated carbocycles. The fourth-order valence-corrected chi connectivity index (χ4v) is 3.55. The number of allylic oxidation sites excluding steroid dienone is 2. The molecule has 1 heteroatoms. The van der Waals surface area contributed by atoms with Crippen LogP contribution in [0.2, 0.25) is 0 Å². The van der Waals surface area contributed by atoms with Crippen LogP contribution in [0.4, 0.5) is 0 Å². The van der Waals surface area contributed by atoms with Crippen LogP contribution in [0.3, 0.4) is 0 Å². The van der Waals surface area contributed by atoms with E-state index in [4.69, 9.17) is 0 Å². The van der Waals surface area contributed by atoms with Crippen molar-refractivity contribution in [2.45, 2.75) is 16.9 Å². The van der Waals surface area contributed by atoms with Crippen LogP contribution in [0.25, 0.3) is 0 Å². The van der Waals surface area contributed by atoms with Gasteiger partial charge in [-0.3, -0.25) is 0 Å². The van der Waals surface area contributed by atoms with Crippen LogP contribution in [-0.4, -0.2) is 10.5 Å². The maximum absolute atomic E-state index is 2.42. The van der Waals surface area contributed by atoms with E-state index in [0.717, 1.165) is 22.3 Å². The Hall–Kier alpha value is 0.0900. The van der Waals surface area contributed by atoms with Crippen LogP contribution in [0, 0.1) is 11.8 Å². The largest absolute Gasteiger partial charge is 0.152 e. The minimum absolute atomic E-state index is 0.995. The predicted molar refractivity (Wildman–Crippen MR) is 35.9 cm³/mol. The zero-order valence-electron chi connectivity index (χ0n) is 4.58. The Bertz CT molecular complexity index is 146. The van der Waals surface area contributed by atoms with Crippen LogP contribution in [0.15, 0.2) is 12.2 Å². The molecule has 3 rings (SSSR count). The van der Waals surface area contributed by atoms with Gasteiger partial charge in [0, 0.05) is 10.5 Å². The minimum atomic E-state index is 0.995. The van der Waals surface area contributed by atoms with Crippen molar-refractivity contribution in [3.05, 3.63) is 12.2 Å². The highest BCUT2D eigenvalue weighted by Gasteiger charge is 2.55. The van der Waals surface area contributed by atoms with Crippen LogP contribution in [-0.2, 0) is 0 Å². The molecule has 1 saturated heterocycles. The number of thioether (sulfide) groups is 1. The molecule has 0 radical (unpaired) electrons. The van der Waals surface area contributed by atoms with Gasteiger partial charge in [-0.1, -0.05) is 12.2 Å². The van der Waals surface area contributed by atoms with Gasteiger partial charge in [-0.2, -0.15) is 11.8 Å². The topological polar surface area (TPSA) is 0 Å². The fourth-order valence-electron chi connectivity index (χ4n) is 2.07. The Morgan fingerprint density at radius 2 is 1.75 bits per heavy atom. The van der Waals surface area contributed by atoms with Crippen molar-refractivity contribution in [2.24, 2.45) is 11.8 Å². The van der Waals surface area contributed by atoms with E-state index in [9.17, 15) is 0 Å². The second kappa shape index (κ2) is 1.02. The lowest BCUT2D eigenvalue weighted by atomic mass is 10.1. The van der Waals surface area contributed by atoms with Crippen molar-refractivity contribution < 1.29 is 0 Å². The van der Waals surface area contributed by atoms with Gasteiger partial charge in [0.1, 0.15) is 0 Å². The molecule has 1 aliphatic heterocycles. The first-order valence-corrected chi connectivity index (χ1v) is 4.23. The molecule has 0 spiro atoms. The third-order valence-electron chi connectivity index (χ3n) is 2.56. The molecule has 2 bridgehead atoms. The van der Waals surface area contributed by atoms with E-state index in [1.807, 2.05) is 0 Å². The molecule has 0 nitrogen and oxygen atoms in total. The molecule has 2 unspecified atom stereocenters. The first-order chi connectivity index (χ1) is 3.95. The first-order valence-electron chi connectivity index (χ1n) is 3.29. The highest BCUT2D eigenvalue weighted by atomic mass is 32.2. The molecule has 0 N–H and O–H groups in total. The fraction of sp³-hybridized carbons (Fsp3) is 0.714. The monoisotopic (exact) mass is 124 g/mol. The molecule has 42 valence electrons. The van der Waals surface area contributed by atoms with Gasteiger partial charge in [0.25, 0.3) is 0 Å². The van der Waals surface area contributed by atoms with Crippen molar-refractivity contribution in [3.63, 3.8) is 0 Å². The van der Waals surface area contributed by atoms with E-state index in [-0.39, 0.29) is 0 Å². The molecule has 2 aliphatic carbocycles. The van der Waals surface area contributed by atoms with Gasteiger partial charge >= 0.3 is 0 Å². The Morgan fingerprint density at radius 1 is 1.12 bits per heavy atom. The van der Waals surface area contributed by atoms with Gasteiger partial charge in [-0.15, -0.1) is 0 Å². The molecule has 0 aromatic heterocycles. The highest BCUT2D eigenvalue weighted by molar-refractivity contribution is 8.07. The van der Waals surface area contributed by atoms with Crippen molar-refractivity contribution >= 4 is 11.8 Å². The smallest absolute Gasteiger partial charge is 0.0238 e. The SMILES string of the molecule is C1=C[C@H]2C[C@@H]1C1SC12. The summed E-state index contributed by atoms with van der Waals surface area (Å²) in [6.45, 7) is 0. The lowest BCUT2D eigenvalue weighted by Crippen LogP contribution is -1.98. The molecule has 0 aromatic carbocycles. The average molecular weight is 124 g/mol. The lowest BCUT2D eigenvalue weighted by Gasteiger charge is -1.96. The standard InChI is InChI=1S/C7H8S/c1-2-5-3-4(1)6-7(5)8-6/h1-2,4-7H,3H2/t4-,5+,6?,7?. The molecule has 0 amide bonds. The molecular formula is C7H8S. The Labute approximate surface area is 53.3 Å².